The number of hydrogen-bond acceptors (Lipinski definition) is 4. The van der Waals surface area contributed by atoms with E-state index < -0.39 is 17.3 Å². The average molecular weight is 532 g/mol. The Morgan fingerprint density at radius 2 is 1.78 bits per heavy atom. The highest BCUT2D eigenvalue weighted by Crippen LogP contribution is 2.30. The van der Waals surface area contributed by atoms with Gasteiger partial charge in [0.25, 0.3) is 5.56 Å². The van der Waals surface area contributed by atoms with Crippen LogP contribution in [0.5, 0.6) is 0 Å². The van der Waals surface area contributed by atoms with E-state index in [0.29, 0.717) is 19.0 Å². The zero-order chi connectivity index (χ0) is 28.6. The van der Waals surface area contributed by atoms with Crippen LogP contribution in [0.25, 0.3) is 0 Å². The second kappa shape index (κ2) is 18.2. The highest BCUT2D eigenvalue weighted by Gasteiger charge is 2.34. The van der Waals surface area contributed by atoms with Gasteiger partial charge in [0, 0.05) is 44.6 Å². The normalized spacial score (nSPS) is 18.8. The largest absolute Gasteiger partial charge is 0.416 e. The average Bonchev–Trinajstić information content (AvgIpc) is 3.34. The molecule has 3 rings (SSSR count). The first-order chi connectivity index (χ1) is 17.5. The molecule has 9 heteroatoms. The van der Waals surface area contributed by atoms with Gasteiger partial charge in [-0.15, -0.1) is 0 Å². The molecule has 0 spiro atoms. The van der Waals surface area contributed by atoms with E-state index in [-0.39, 0.29) is 36.7 Å². The Morgan fingerprint density at radius 1 is 1.16 bits per heavy atom. The first-order valence-electron chi connectivity index (χ1n) is 13.5. The summed E-state index contributed by atoms with van der Waals surface area (Å²) in [6.07, 6.45) is 3.62. The smallest absolute Gasteiger partial charge is 0.384 e. The van der Waals surface area contributed by atoms with Gasteiger partial charge in [-0.1, -0.05) is 66.5 Å². The van der Waals surface area contributed by atoms with E-state index in [1.807, 2.05) is 33.0 Å². The zero-order valence-electron chi connectivity index (χ0n) is 24.0. The van der Waals surface area contributed by atoms with Crippen molar-refractivity contribution in [3.8, 4) is 0 Å². The van der Waals surface area contributed by atoms with E-state index in [4.69, 9.17) is 4.74 Å². The predicted molar refractivity (Wildman–Crippen MR) is 144 cm³/mol. The van der Waals surface area contributed by atoms with Gasteiger partial charge in [-0.05, 0) is 31.9 Å². The monoisotopic (exact) mass is 531 g/mol. The summed E-state index contributed by atoms with van der Waals surface area (Å²) in [5, 5.41) is 3.07. The Morgan fingerprint density at radius 3 is 2.27 bits per heavy atom. The number of rotatable bonds is 6. The summed E-state index contributed by atoms with van der Waals surface area (Å²) in [4.78, 5) is 26.0. The molecule has 0 unspecified atom stereocenters. The number of nitrogens with zero attached hydrogens (tertiary/aromatic N) is 2. The first kappa shape index (κ1) is 34.9. The number of pyridine rings is 1. The summed E-state index contributed by atoms with van der Waals surface area (Å²) in [5.41, 5.74) is -1.42. The number of amides is 1. The molecule has 0 bridgehead atoms. The molecular weight excluding hydrogens is 483 g/mol. The molecule has 1 aliphatic heterocycles. The fraction of sp³-hybridized carbons (Fsp3) is 0.714. The molecule has 1 amide bonds. The van der Waals surface area contributed by atoms with Gasteiger partial charge < -0.3 is 19.5 Å². The zero-order valence-corrected chi connectivity index (χ0v) is 24.0. The molecular formula is C28H48F3N3O3. The van der Waals surface area contributed by atoms with Crippen LogP contribution in [-0.4, -0.2) is 48.7 Å². The van der Waals surface area contributed by atoms with Crippen molar-refractivity contribution < 1.29 is 22.7 Å². The maximum Gasteiger partial charge on any atom is 0.416 e. The van der Waals surface area contributed by atoms with E-state index in [1.165, 1.54) is 28.7 Å². The third-order valence-electron chi connectivity index (χ3n) is 5.80. The molecule has 1 aromatic heterocycles. The lowest BCUT2D eigenvalue weighted by Crippen LogP contribution is -2.44. The van der Waals surface area contributed by atoms with Gasteiger partial charge in [0.1, 0.15) is 0 Å². The van der Waals surface area contributed by atoms with Gasteiger partial charge in [0.15, 0.2) is 0 Å². The maximum atomic E-state index is 12.9. The molecule has 0 saturated carbocycles. The van der Waals surface area contributed by atoms with Gasteiger partial charge in [-0.25, -0.2) is 0 Å². The summed E-state index contributed by atoms with van der Waals surface area (Å²) in [7, 11) is 3.57. The standard InChI is InChI=1S/C16H18F3N3O2.C7H16O.C3H8.C2H6/c1-20-12-3-2-10(6-12)15(24)21-4-5-22-13(9-21)7-11(8-14(22)23)16(17,18)19;1-4-5-7(2)6-8-3;1-3-2;1-2/h2-3,7-8,10,12,20H,4-6,9H2,1H3;7H,4-6H2,1-3H3;3H2,1-2H3;1-2H3/t10-,12+;7-;;/m00../s1. The number of aromatic nitrogens is 1. The van der Waals surface area contributed by atoms with Crippen molar-refractivity contribution in [2.75, 3.05) is 27.3 Å². The number of methoxy groups -OCH3 is 1. The maximum absolute atomic E-state index is 12.9. The molecule has 2 heterocycles. The molecule has 0 saturated heterocycles. The second-order valence-electron chi connectivity index (χ2n) is 9.16. The predicted octanol–water partition coefficient (Wildman–Crippen LogP) is 5.88. The van der Waals surface area contributed by atoms with Crippen LogP contribution in [0.2, 0.25) is 0 Å². The number of fused-ring (bicyclic) bond motifs is 1. The summed E-state index contributed by atoms with van der Waals surface area (Å²) < 4.78 is 44.9. The van der Waals surface area contributed by atoms with Gasteiger partial charge in [-0.2, -0.15) is 13.2 Å². The van der Waals surface area contributed by atoms with Crippen molar-refractivity contribution in [2.24, 2.45) is 11.8 Å². The SMILES string of the molecule is CC.CCC.CCC[C@H](C)COC.CN[C@@H]1C=C[C@H](C(=O)N2CCn3c(cc(C(F)(F)F)cc3=O)C2)C1. The molecule has 214 valence electrons. The van der Waals surface area contributed by atoms with Crippen LogP contribution in [0.4, 0.5) is 13.2 Å². The van der Waals surface area contributed by atoms with E-state index in [2.05, 4.69) is 33.0 Å². The summed E-state index contributed by atoms with van der Waals surface area (Å²) in [5.74, 6) is 0.358. The number of hydrogen-bond donors (Lipinski definition) is 1. The van der Waals surface area contributed by atoms with Crippen LogP contribution in [0.15, 0.2) is 29.1 Å². The number of ether oxygens (including phenoxy) is 1. The molecule has 3 atom stereocenters. The Kier molecular flexibility index (Phi) is 17.1. The molecule has 0 radical (unpaired) electrons. The molecule has 1 aliphatic carbocycles. The van der Waals surface area contributed by atoms with Crippen molar-refractivity contribution in [3.63, 3.8) is 0 Å². The number of carbonyl (C=O) groups is 1. The fourth-order valence-electron chi connectivity index (χ4n) is 4.07. The van der Waals surface area contributed by atoms with Gasteiger partial charge in [0.05, 0.1) is 18.0 Å². The van der Waals surface area contributed by atoms with Crippen LogP contribution in [0.3, 0.4) is 0 Å². The first-order valence-corrected chi connectivity index (χ1v) is 13.5. The third-order valence-corrected chi connectivity index (χ3v) is 5.80. The quantitative estimate of drug-likeness (QED) is 0.466. The molecule has 0 aromatic carbocycles. The summed E-state index contributed by atoms with van der Waals surface area (Å²) in [6, 6.07) is 1.70. The van der Waals surface area contributed by atoms with E-state index in [9.17, 15) is 22.8 Å². The molecule has 6 nitrogen and oxygen atoms in total. The topological polar surface area (TPSA) is 63.6 Å². The minimum atomic E-state index is -4.57. The lowest BCUT2D eigenvalue weighted by molar-refractivity contribution is -0.137. The Balaban J connectivity index is 0.000000838. The van der Waals surface area contributed by atoms with Crippen molar-refractivity contribution in [1.29, 1.82) is 0 Å². The molecule has 0 fully saturated rings. The lowest BCUT2D eigenvalue weighted by Gasteiger charge is -2.32. The van der Waals surface area contributed by atoms with Crippen LogP contribution >= 0.6 is 0 Å². The van der Waals surface area contributed by atoms with Crippen molar-refractivity contribution in [2.45, 2.75) is 92.5 Å². The molecule has 2 aliphatic rings. The van der Waals surface area contributed by atoms with Crippen LogP contribution in [0, 0.1) is 11.8 Å². The third kappa shape index (κ3) is 11.9. The number of nitrogens with one attached hydrogen (secondary N) is 1. The van der Waals surface area contributed by atoms with Crippen molar-refractivity contribution >= 4 is 5.91 Å². The van der Waals surface area contributed by atoms with Crippen LogP contribution in [0.1, 0.15) is 78.5 Å². The number of likely N-dealkylation sites (N-methyl/N-ethyl adjacent to an activating group) is 1. The Labute approximate surface area is 221 Å². The van der Waals surface area contributed by atoms with Gasteiger partial charge >= 0.3 is 6.18 Å². The van der Waals surface area contributed by atoms with Crippen molar-refractivity contribution in [3.05, 3.63) is 45.9 Å². The Bertz CT molecular complexity index is 862. The second-order valence-corrected chi connectivity index (χ2v) is 9.16. The van der Waals surface area contributed by atoms with Crippen LogP contribution in [-0.2, 0) is 28.8 Å². The minimum Gasteiger partial charge on any atom is -0.384 e. The fourth-order valence-corrected chi connectivity index (χ4v) is 4.07. The van der Waals surface area contributed by atoms with Crippen LogP contribution < -0.4 is 10.9 Å². The van der Waals surface area contributed by atoms with E-state index >= 15 is 0 Å². The number of halogens is 3. The molecule has 1 aromatic rings. The Hall–Kier alpha value is -2.13. The minimum absolute atomic E-state index is 0.0204. The highest BCUT2D eigenvalue weighted by atomic mass is 19.4. The highest BCUT2D eigenvalue weighted by molar-refractivity contribution is 5.81. The van der Waals surface area contributed by atoms with Crippen molar-refractivity contribution in [1.82, 2.24) is 14.8 Å². The summed E-state index contributed by atoms with van der Waals surface area (Å²) >= 11 is 0. The lowest BCUT2D eigenvalue weighted by atomic mass is 10.0. The molecule has 1 N–H and O–H groups in total. The number of carbonyl (C=O) groups excluding carboxylic acids is 1. The number of alkyl halides is 3. The van der Waals surface area contributed by atoms with E-state index in [1.54, 1.807) is 7.11 Å². The van der Waals surface area contributed by atoms with Gasteiger partial charge in [0.2, 0.25) is 5.91 Å². The summed E-state index contributed by atoms with van der Waals surface area (Å²) in [6.45, 7) is 14.1. The molecule has 37 heavy (non-hydrogen) atoms. The van der Waals surface area contributed by atoms with Gasteiger partial charge in [-0.3, -0.25) is 9.59 Å². The van der Waals surface area contributed by atoms with E-state index in [0.717, 1.165) is 18.6 Å².